The van der Waals surface area contributed by atoms with E-state index in [2.05, 4.69) is 46.2 Å². The first-order valence-corrected chi connectivity index (χ1v) is 7.88. The maximum atomic E-state index is 4.43. The molecule has 2 heterocycles. The van der Waals surface area contributed by atoms with E-state index in [-0.39, 0.29) is 0 Å². The number of aromatic nitrogens is 1. The normalized spacial score (nSPS) is 15.7. The van der Waals surface area contributed by atoms with Gasteiger partial charge in [0, 0.05) is 38.6 Å². The van der Waals surface area contributed by atoms with Crippen LogP contribution >= 0.6 is 0 Å². The van der Waals surface area contributed by atoms with Crippen LogP contribution in [0.15, 0.2) is 18.3 Å². The van der Waals surface area contributed by atoms with Crippen molar-refractivity contribution in [3.8, 4) is 0 Å². The molecule has 0 radical (unpaired) electrons. The van der Waals surface area contributed by atoms with E-state index in [4.69, 9.17) is 0 Å². The van der Waals surface area contributed by atoms with Crippen molar-refractivity contribution in [2.75, 3.05) is 44.7 Å². The lowest BCUT2D eigenvalue weighted by Gasteiger charge is -2.23. The summed E-state index contributed by atoms with van der Waals surface area (Å²) in [6.45, 7) is 8.90. The van der Waals surface area contributed by atoms with E-state index in [1.807, 2.05) is 6.20 Å². The predicted octanol–water partition coefficient (Wildman–Crippen LogP) is 2.11. The summed E-state index contributed by atoms with van der Waals surface area (Å²) >= 11 is 0. The molecule has 1 saturated heterocycles. The van der Waals surface area contributed by atoms with Crippen LogP contribution in [0.2, 0.25) is 0 Å². The number of likely N-dealkylation sites (N-methyl/N-ethyl adjacent to an activating group) is 1. The molecule has 0 amide bonds. The topological polar surface area (TPSA) is 31.4 Å². The highest BCUT2D eigenvalue weighted by Crippen LogP contribution is 2.14. The molecule has 0 unspecified atom stereocenters. The molecule has 0 bridgehead atoms. The third kappa shape index (κ3) is 4.76. The van der Waals surface area contributed by atoms with Gasteiger partial charge in [0.2, 0.25) is 0 Å². The van der Waals surface area contributed by atoms with E-state index in [1.165, 1.54) is 38.2 Å². The summed E-state index contributed by atoms with van der Waals surface area (Å²) in [6, 6.07) is 4.31. The highest BCUT2D eigenvalue weighted by atomic mass is 15.2. The van der Waals surface area contributed by atoms with E-state index in [0.717, 1.165) is 31.7 Å². The summed E-state index contributed by atoms with van der Waals surface area (Å²) in [6.07, 6.45) is 5.82. The maximum Gasteiger partial charge on any atom is 0.0562 e. The third-order valence-electron chi connectivity index (χ3n) is 3.92. The van der Waals surface area contributed by atoms with Crippen molar-refractivity contribution in [2.45, 2.75) is 32.7 Å². The Labute approximate surface area is 123 Å². The third-order valence-corrected chi connectivity index (χ3v) is 3.92. The fourth-order valence-corrected chi connectivity index (χ4v) is 2.62. The molecule has 1 aliphatic heterocycles. The van der Waals surface area contributed by atoms with Crippen molar-refractivity contribution in [1.82, 2.24) is 15.2 Å². The van der Waals surface area contributed by atoms with Crippen LogP contribution in [0.25, 0.3) is 0 Å². The number of nitrogens with one attached hydrogen (secondary N) is 1. The Balaban J connectivity index is 1.81. The van der Waals surface area contributed by atoms with Crippen molar-refractivity contribution in [1.29, 1.82) is 0 Å². The molecule has 0 saturated carbocycles. The molecule has 2 rings (SSSR count). The van der Waals surface area contributed by atoms with E-state index in [0.29, 0.717) is 0 Å². The Morgan fingerprint density at radius 2 is 2.15 bits per heavy atom. The second-order valence-electron chi connectivity index (χ2n) is 5.65. The van der Waals surface area contributed by atoms with Crippen LogP contribution in [0.5, 0.6) is 0 Å². The highest BCUT2D eigenvalue weighted by molar-refractivity contribution is 5.45. The molecular weight excluding hydrogens is 248 g/mol. The number of pyridine rings is 1. The Morgan fingerprint density at radius 1 is 1.35 bits per heavy atom. The summed E-state index contributed by atoms with van der Waals surface area (Å²) in [5, 5.41) is 3.41. The fraction of sp³-hybridized carbons (Fsp3) is 0.688. The average molecular weight is 276 g/mol. The molecule has 1 aromatic heterocycles. The molecule has 1 N–H and O–H groups in total. The number of rotatable bonds is 8. The first kappa shape index (κ1) is 15.3. The Kier molecular flexibility index (Phi) is 6.27. The molecule has 1 aromatic rings. The fourth-order valence-electron chi connectivity index (χ4n) is 2.62. The van der Waals surface area contributed by atoms with Gasteiger partial charge in [-0.1, -0.05) is 6.92 Å². The zero-order chi connectivity index (χ0) is 14.2. The molecule has 1 fully saturated rings. The molecule has 4 heteroatoms. The van der Waals surface area contributed by atoms with E-state index in [9.17, 15) is 0 Å². The van der Waals surface area contributed by atoms with Crippen LogP contribution in [0, 0.1) is 0 Å². The van der Waals surface area contributed by atoms with Gasteiger partial charge < -0.3 is 15.1 Å². The smallest absolute Gasteiger partial charge is 0.0562 e. The van der Waals surface area contributed by atoms with Gasteiger partial charge in [-0.25, -0.2) is 0 Å². The second-order valence-corrected chi connectivity index (χ2v) is 5.65. The van der Waals surface area contributed by atoms with Crippen molar-refractivity contribution < 1.29 is 0 Å². The monoisotopic (exact) mass is 276 g/mol. The zero-order valence-electron chi connectivity index (χ0n) is 12.9. The summed E-state index contributed by atoms with van der Waals surface area (Å²) < 4.78 is 0. The average Bonchev–Trinajstić information content (AvgIpc) is 2.99. The first-order chi connectivity index (χ1) is 9.79. The minimum absolute atomic E-state index is 0.863. The van der Waals surface area contributed by atoms with Crippen molar-refractivity contribution in [2.24, 2.45) is 0 Å². The molecular formula is C16H28N4. The van der Waals surface area contributed by atoms with Gasteiger partial charge in [0.25, 0.3) is 0 Å². The van der Waals surface area contributed by atoms with Crippen LogP contribution in [-0.4, -0.2) is 49.7 Å². The van der Waals surface area contributed by atoms with Gasteiger partial charge >= 0.3 is 0 Å². The van der Waals surface area contributed by atoms with Gasteiger partial charge in [-0.3, -0.25) is 4.98 Å². The van der Waals surface area contributed by atoms with E-state index < -0.39 is 0 Å². The van der Waals surface area contributed by atoms with Gasteiger partial charge in [0.05, 0.1) is 5.69 Å². The molecule has 0 aliphatic carbocycles. The number of hydrogen-bond acceptors (Lipinski definition) is 4. The van der Waals surface area contributed by atoms with Crippen LogP contribution in [-0.2, 0) is 6.54 Å². The molecule has 4 nitrogen and oxygen atoms in total. The number of hydrogen-bond donors (Lipinski definition) is 1. The Bertz CT molecular complexity index is 388. The molecule has 0 aromatic carbocycles. The SMILES string of the molecule is CCCNCc1cc(N(C)CCN2CCCC2)ccn1. The molecule has 1 aliphatic rings. The number of anilines is 1. The molecule has 0 spiro atoms. The van der Waals surface area contributed by atoms with Crippen LogP contribution in [0.3, 0.4) is 0 Å². The second kappa shape index (κ2) is 8.22. The highest BCUT2D eigenvalue weighted by Gasteiger charge is 2.12. The standard InChI is InChI=1S/C16H28N4/c1-3-7-17-14-15-13-16(6-8-18-15)19(2)11-12-20-9-4-5-10-20/h6,8,13,17H,3-5,7,9-12,14H2,1-2H3. The van der Waals surface area contributed by atoms with Gasteiger partial charge in [-0.15, -0.1) is 0 Å². The van der Waals surface area contributed by atoms with Gasteiger partial charge in [-0.05, 0) is 51.0 Å². The minimum Gasteiger partial charge on any atom is -0.373 e. The summed E-state index contributed by atoms with van der Waals surface area (Å²) in [7, 11) is 2.18. The quantitative estimate of drug-likeness (QED) is 0.737. The molecule has 20 heavy (non-hydrogen) atoms. The van der Waals surface area contributed by atoms with Crippen LogP contribution < -0.4 is 10.2 Å². The van der Waals surface area contributed by atoms with Crippen LogP contribution in [0.4, 0.5) is 5.69 Å². The minimum atomic E-state index is 0.863. The summed E-state index contributed by atoms with van der Waals surface area (Å²) in [5.74, 6) is 0. The largest absolute Gasteiger partial charge is 0.373 e. The lowest BCUT2D eigenvalue weighted by atomic mass is 10.3. The number of likely N-dealkylation sites (tertiary alicyclic amines) is 1. The van der Waals surface area contributed by atoms with Crippen molar-refractivity contribution in [3.05, 3.63) is 24.0 Å². The predicted molar refractivity (Wildman–Crippen MR) is 85.2 cm³/mol. The molecule has 0 atom stereocenters. The lowest BCUT2D eigenvalue weighted by Crippen LogP contribution is -2.31. The number of nitrogens with zero attached hydrogens (tertiary/aromatic N) is 3. The Hall–Kier alpha value is -1.13. The summed E-state index contributed by atoms with van der Waals surface area (Å²) in [5.41, 5.74) is 2.40. The maximum absolute atomic E-state index is 4.43. The Morgan fingerprint density at radius 3 is 2.90 bits per heavy atom. The zero-order valence-corrected chi connectivity index (χ0v) is 12.9. The molecule has 112 valence electrons. The van der Waals surface area contributed by atoms with E-state index >= 15 is 0 Å². The summed E-state index contributed by atoms with van der Waals surface area (Å²) in [4.78, 5) is 9.33. The lowest BCUT2D eigenvalue weighted by molar-refractivity contribution is 0.346. The van der Waals surface area contributed by atoms with Gasteiger partial charge in [-0.2, -0.15) is 0 Å². The van der Waals surface area contributed by atoms with Crippen molar-refractivity contribution >= 4 is 5.69 Å². The van der Waals surface area contributed by atoms with Gasteiger partial charge in [0.1, 0.15) is 0 Å². The van der Waals surface area contributed by atoms with Crippen molar-refractivity contribution in [3.63, 3.8) is 0 Å². The van der Waals surface area contributed by atoms with E-state index in [1.54, 1.807) is 0 Å². The van der Waals surface area contributed by atoms with Crippen LogP contribution in [0.1, 0.15) is 31.9 Å². The first-order valence-electron chi connectivity index (χ1n) is 7.88. The van der Waals surface area contributed by atoms with Gasteiger partial charge in [0.15, 0.2) is 0 Å².